The summed E-state index contributed by atoms with van der Waals surface area (Å²) >= 11 is 11.5. The number of hydrogen-bond donors (Lipinski definition) is 1. The highest BCUT2D eigenvalue weighted by molar-refractivity contribution is 6.31. The van der Waals surface area contributed by atoms with E-state index in [2.05, 4.69) is 0 Å². The first kappa shape index (κ1) is 11.3. The van der Waals surface area contributed by atoms with Crippen LogP contribution in [0, 0.1) is 6.92 Å². The molecule has 2 N–H and O–H groups in total. The zero-order chi connectivity index (χ0) is 10.7. The third kappa shape index (κ3) is 2.89. The van der Waals surface area contributed by atoms with Crippen molar-refractivity contribution in [3.05, 3.63) is 34.3 Å². The number of halogens is 2. The van der Waals surface area contributed by atoms with Crippen molar-refractivity contribution in [1.29, 1.82) is 0 Å². The number of nitrogens with two attached hydrogens (primary N) is 1. The van der Waals surface area contributed by atoms with E-state index >= 15 is 0 Å². The van der Waals surface area contributed by atoms with Crippen LogP contribution in [0.5, 0.6) is 0 Å². The molecule has 0 saturated carbocycles. The lowest BCUT2D eigenvalue weighted by molar-refractivity contribution is -0.117. The molecule has 2 nitrogen and oxygen atoms in total. The van der Waals surface area contributed by atoms with Crippen LogP contribution in [0.15, 0.2) is 18.2 Å². The van der Waals surface area contributed by atoms with Gasteiger partial charge in [0.1, 0.15) is 5.38 Å². The largest absolute Gasteiger partial charge is 0.368 e. The maximum Gasteiger partial charge on any atom is 0.235 e. The van der Waals surface area contributed by atoms with E-state index in [0.717, 1.165) is 11.1 Å². The van der Waals surface area contributed by atoms with Gasteiger partial charge in [-0.2, -0.15) is 0 Å². The first-order valence-electron chi connectivity index (χ1n) is 4.19. The van der Waals surface area contributed by atoms with Crippen LogP contribution in [0.2, 0.25) is 5.02 Å². The van der Waals surface area contributed by atoms with E-state index in [-0.39, 0.29) is 0 Å². The van der Waals surface area contributed by atoms with Gasteiger partial charge in [-0.1, -0.05) is 17.7 Å². The zero-order valence-corrected chi connectivity index (χ0v) is 9.27. The molecule has 0 heterocycles. The number of benzene rings is 1. The van der Waals surface area contributed by atoms with Crippen molar-refractivity contribution in [2.24, 2.45) is 5.73 Å². The number of carbonyl (C=O) groups is 1. The molecule has 1 unspecified atom stereocenters. The molecule has 0 fully saturated rings. The second kappa shape index (κ2) is 4.67. The van der Waals surface area contributed by atoms with E-state index in [9.17, 15) is 4.79 Å². The summed E-state index contributed by atoms with van der Waals surface area (Å²) in [7, 11) is 0. The Morgan fingerprint density at radius 2 is 2.21 bits per heavy atom. The minimum atomic E-state index is -0.658. The summed E-state index contributed by atoms with van der Waals surface area (Å²) in [5, 5.41) is 0.0197. The second-order valence-corrected chi connectivity index (χ2v) is 4.11. The third-order valence-electron chi connectivity index (χ3n) is 2.01. The Morgan fingerprint density at radius 1 is 1.57 bits per heavy atom. The van der Waals surface area contributed by atoms with Crippen molar-refractivity contribution in [3.8, 4) is 0 Å². The molecule has 0 aliphatic carbocycles. The van der Waals surface area contributed by atoms with Gasteiger partial charge in [-0.3, -0.25) is 4.79 Å². The molecule has 76 valence electrons. The van der Waals surface area contributed by atoms with Gasteiger partial charge in [0.15, 0.2) is 0 Å². The molecule has 0 saturated heterocycles. The number of rotatable bonds is 3. The monoisotopic (exact) mass is 231 g/mol. The Morgan fingerprint density at radius 3 is 2.71 bits per heavy atom. The summed E-state index contributed by atoms with van der Waals surface area (Å²) in [5.74, 6) is -0.499. The van der Waals surface area contributed by atoms with E-state index in [0.29, 0.717) is 11.4 Å². The van der Waals surface area contributed by atoms with Crippen molar-refractivity contribution in [1.82, 2.24) is 0 Å². The van der Waals surface area contributed by atoms with Gasteiger partial charge in [0, 0.05) is 5.02 Å². The van der Waals surface area contributed by atoms with Crippen molar-refractivity contribution >= 4 is 29.1 Å². The van der Waals surface area contributed by atoms with Crippen molar-refractivity contribution in [2.75, 3.05) is 0 Å². The lowest BCUT2D eigenvalue weighted by atomic mass is 10.0. The number of aryl methyl sites for hydroxylation is 1. The molecule has 0 bridgehead atoms. The summed E-state index contributed by atoms with van der Waals surface area (Å²) < 4.78 is 0. The SMILES string of the molecule is Cc1cc(Cl)ccc1CC(Cl)C(N)=O. The van der Waals surface area contributed by atoms with Crippen LogP contribution < -0.4 is 5.73 Å². The highest BCUT2D eigenvalue weighted by Gasteiger charge is 2.13. The molecule has 1 amide bonds. The summed E-state index contributed by atoms with van der Waals surface area (Å²) in [4.78, 5) is 10.7. The van der Waals surface area contributed by atoms with Crippen LogP contribution in [0.3, 0.4) is 0 Å². The topological polar surface area (TPSA) is 43.1 Å². The highest BCUT2D eigenvalue weighted by Crippen LogP contribution is 2.17. The molecule has 0 aliphatic rings. The van der Waals surface area contributed by atoms with Crippen LogP contribution in [-0.4, -0.2) is 11.3 Å². The molecule has 1 atom stereocenters. The van der Waals surface area contributed by atoms with E-state index in [1.54, 1.807) is 6.07 Å². The van der Waals surface area contributed by atoms with E-state index < -0.39 is 11.3 Å². The molecule has 4 heteroatoms. The molecule has 1 aromatic carbocycles. The van der Waals surface area contributed by atoms with Gasteiger partial charge in [-0.15, -0.1) is 11.6 Å². The van der Waals surface area contributed by atoms with Crippen molar-refractivity contribution < 1.29 is 4.79 Å². The Bertz CT molecular complexity index is 352. The predicted molar refractivity (Wildman–Crippen MR) is 58.7 cm³/mol. The minimum Gasteiger partial charge on any atom is -0.368 e. The standard InChI is InChI=1S/C10H11Cl2NO/c1-6-4-8(11)3-2-7(6)5-9(12)10(13)14/h2-4,9H,5H2,1H3,(H2,13,14). The average Bonchev–Trinajstić information content (AvgIpc) is 2.09. The Kier molecular flexibility index (Phi) is 3.78. The lowest BCUT2D eigenvalue weighted by Gasteiger charge is -2.08. The maximum atomic E-state index is 10.7. The van der Waals surface area contributed by atoms with Gasteiger partial charge in [0.2, 0.25) is 5.91 Å². The summed E-state index contributed by atoms with van der Waals surface area (Å²) in [6, 6.07) is 5.46. The fraction of sp³-hybridized carbons (Fsp3) is 0.300. The van der Waals surface area contributed by atoms with Crippen LogP contribution in [0.1, 0.15) is 11.1 Å². The fourth-order valence-corrected chi connectivity index (χ4v) is 1.57. The summed E-state index contributed by atoms with van der Waals surface area (Å²) in [6.07, 6.45) is 0.444. The van der Waals surface area contributed by atoms with Gasteiger partial charge in [-0.25, -0.2) is 0 Å². The van der Waals surface area contributed by atoms with E-state index in [1.807, 2.05) is 19.1 Å². The minimum absolute atomic E-state index is 0.444. The molecular weight excluding hydrogens is 221 g/mol. The van der Waals surface area contributed by atoms with Crippen LogP contribution >= 0.6 is 23.2 Å². The molecular formula is C10H11Cl2NO. The second-order valence-electron chi connectivity index (χ2n) is 3.14. The number of hydrogen-bond acceptors (Lipinski definition) is 1. The van der Waals surface area contributed by atoms with Crippen LogP contribution in [0.25, 0.3) is 0 Å². The Hall–Kier alpha value is -0.730. The van der Waals surface area contributed by atoms with Crippen molar-refractivity contribution in [2.45, 2.75) is 18.7 Å². The molecule has 0 aliphatic heterocycles. The Balaban J connectivity index is 2.82. The van der Waals surface area contributed by atoms with Gasteiger partial charge in [0.25, 0.3) is 0 Å². The maximum absolute atomic E-state index is 10.7. The van der Waals surface area contributed by atoms with Gasteiger partial charge < -0.3 is 5.73 Å². The van der Waals surface area contributed by atoms with E-state index in [1.165, 1.54) is 0 Å². The van der Waals surface area contributed by atoms with Gasteiger partial charge >= 0.3 is 0 Å². The smallest absolute Gasteiger partial charge is 0.235 e. The Labute approximate surface area is 93.0 Å². The highest BCUT2D eigenvalue weighted by atomic mass is 35.5. The van der Waals surface area contributed by atoms with Gasteiger partial charge in [0.05, 0.1) is 0 Å². The molecule has 0 aromatic heterocycles. The molecule has 1 aromatic rings. The number of primary amides is 1. The zero-order valence-electron chi connectivity index (χ0n) is 7.76. The lowest BCUT2D eigenvalue weighted by Crippen LogP contribution is -2.25. The van der Waals surface area contributed by atoms with Crippen molar-refractivity contribution in [3.63, 3.8) is 0 Å². The third-order valence-corrected chi connectivity index (χ3v) is 2.62. The number of carbonyl (C=O) groups excluding carboxylic acids is 1. The first-order chi connectivity index (χ1) is 6.50. The predicted octanol–water partition coefficient (Wildman–Crippen LogP) is 2.28. The van der Waals surface area contributed by atoms with Gasteiger partial charge in [-0.05, 0) is 36.6 Å². The van der Waals surface area contributed by atoms with Crippen LogP contribution in [0.4, 0.5) is 0 Å². The molecule has 14 heavy (non-hydrogen) atoms. The molecule has 0 radical (unpaired) electrons. The number of alkyl halides is 1. The van der Waals surface area contributed by atoms with Crippen LogP contribution in [-0.2, 0) is 11.2 Å². The molecule has 0 spiro atoms. The fourth-order valence-electron chi connectivity index (χ4n) is 1.18. The van der Waals surface area contributed by atoms with E-state index in [4.69, 9.17) is 28.9 Å². The average molecular weight is 232 g/mol. The molecule has 1 rings (SSSR count). The summed E-state index contributed by atoms with van der Waals surface area (Å²) in [5.41, 5.74) is 7.08. The summed E-state index contributed by atoms with van der Waals surface area (Å²) in [6.45, 7) is 1.92. The number of amides is 1. The first-order valence-corrected chi connectivity index (χ1v) is 5.00. The quantitative estimate of drug-likeness (QED) is 0.798. The normalized spacial score (nSPS) is 12.5.